The number of esters is 1. The molecule has 0 saturated carbocycles. The number of nitrogens with one attached hydrogen (secondary N) is 2. The Morgan fingerprint density at radius 1 is 1.37 bits per heavy atom. The molecular weight excluding hydrogens is 254 g/mol. The summed E-state index contributed by atoms with van der Waals surface area (Å²) in [6.07, 6.45) is 0.449. The van der Waals surface area contributed by atoms with Crippen molar-refractivity contribution in [2.45, 2.75) is 19.9 Å². The molecular formula is C10H15N5O4. The molecule has 1 heterocycles. The van der Waals surface area contributed by atoms with Crippen LogP contribution in [0.3, 0.4) is 0 Å². The van der Waals surface area contributed by atoms with E-state index in [0.29, 0.717) is 12.1 Å². The summed E-state index contributed by atoms with van der Waals surface area (Å²) in [5.41, 5.74) is 0.539. The Hall–Kier alpha value is -2.45. The smallest absolute Gasteiger partial charge is 0.360 e. The highest BCUT2D eigenvalue weighted by molar-refractivity contribution is 5.94. The van der Waals surface area contributed by atoms with Gasteiger partial charge in [-0.3, -0.25) is 10.1 Å². The van der Waals surface area contributed by atoms with Crippen LogP contribution in [-0.2, 0) is 22.5 Å². The third kappa shape index (κ3) is 3.50. The molecule has 0 radical (unpaired) electrons. The van der Waals surface area contributed by atoms with Crippen molar-refractivity contribution >= 4 is 17.9 Å². The summed E-state index contributed by atoms with van der Waals surface area (Å²) >= 11 is 0. The lowest BCUT2D eigenvalue weighted by Crippen LogP contribution is -2.39. The number of hydrogen-bond acceptors (Lipinski definition) is 6. The van der Waals surface area contributed by atoms with Gasteiger partial charge >= 0.3 is 12.0 Å². The molecule has 0 bridgehead atoms. The lowest BCUT2D eigenvalue weighted by atomic mass is 10.2. The van der Waals surface area contributed by atoms with Gasteiger partial charge in [-0.05, 0) is 6.42 Å². The molecule has 2 N–H and O–H groups in total. The minimum atomic E-state index is -0.616. The topological polar surface area (TPSA) is 115 Å². The number of carbonyl (C=O) groups excluding carboxylic acids is 3. The van der Waals surface area contributed by atoms with Crippen LogP contribution in [0, 0.1) is 0 Å². The molecule has 0 atom stereocenters. The molecule has 1 aromatic heterocycles. The van der Waals surface area contributed by atoms with Crippen LogP contribution in [0.4, 0.5) is 4.79 Å². The Morgan fingerprint density at radius 2 is 2.05 bits per heavy atom. The van der Waals surface area contributed by atoms with Gasteiger partial charge in [0.2, 0.25) is 5.91 Å². The van der Waals surface area contributed by atoms with Crippen LogP contribution in [0.25, 0.3) is 0 Å². The van der Waals surface area contributed by atoms with E-state index in [-0.39, 0.29) is 12.2 Å². The lowest BCUT2D eigenvalue weighted by molar-refractivity contribution is -0.120. The standard InChI is InChI=1S/C10H15N5O4/c1-4-6-8(9(17)19-3)13-14-15(6)5-7(16)12-10(18)11-2/h4-5H2,1-3H3,(H2,11,12,16,18). The molecule has 1 aromatic rings. The Morgan fingerprint density at radius 3 is 2.58 bits per heavy atom. The fourth-order valence-electron chi connectivity index (χ4n) is 1.43. The maximum atomic E-state index is 11.5. The maximum Gasteiger partial charge on any atom is 0.360 e. The number of nitrogens with zero attached hydrogens (tertiary/aromatic N) is 3. The van der Waals surface area contributed by atoms with Gasteiger partial charge in [0, 0.05) is 7.05 Å². The maximum absolute atomic E-state index is 11.5. The van der Waals surface area contributed by atoms with Crippen LogP contribution in [0.2, 0.25) is 0 Å². The van der Waals surface area contributed by atoms with Crippen LogP contribution in [0.5, 0.6) is 0 Å². The van der Waals surface area contributed by atoms with Crippen molar-refractivity contribution in [2.24, 2.45) is 0 Å². The molecule has 9 heteroatoms. The largest absolute Gasteiger partial charge is 0.464 e. The van der Waals surface area contributed by atoms with E-state index in [1.165, 1.54) is 18.8 Å². The fourth-order valence-corrected chi connectivity index (χ4v) is 1.43. The van der Waals surface area contributed by atoms with Crippen molar-refractivity contribution in [3.8, 4) is 0 Å². The number of carbonyl (C=O) groups is 3. The van der Waals surface area contributed by atoms with E-state index in [2.05, 4.69) is 25.7 Å². The zero-order valence-electron chi connectivity index (χ0n) is 10.9. The van der Waals surface area contributed by atoms with E-state index in [1.807, 2.05) is 0 Å². The summed E-state index contributed by atoms with van der Waals surface area (Å²) in [6.45, 7) is 1.58. The van der Waals surface area contributed by atoms with Crippen LogP contribution in [-0.4, -0.2) is 47.1 Å². The first kappa shape index (κ1) is 14.6. The van der Waals surface area contributed by atoms with E-state index >= 15 is 0 Å². The minimum absolute atomic E-state index is 0.0674. The van der Waals surface area contributed by atoms with Gasteiger partial charge in [0.25, 0.3) is 0 Å². The van der Waals surface area contributed by atoms with Crippen LogP contribution in [0.15, 0.2) is 0 Å². The summed E-state index contributed by atoms with van der Waals surface area (Å²) in [6, 6.07) is -0.614. The zero-order valence-corrected chi connectivity index (χ0v) is 10.9. The van der Waals surface area contributed by atoms with Gasteiger partial charge in [-0.25, -0.2) is 14.3 Å². The van der Waals surface area contributed by atoms with E-state index in [0.717, 1.165) is 0 Å². The molecule has 104 valence electrons. The van der Waals surface area contributed by atoms with Crippen LogP contribution < -0.4 is 10.6 Å². The molecule has 9 nitrogen and oxygen atoms in total. The molecule has 0 aliphatic carbocycles. The molecule has 0 aliphatic heterocycles. The molecule has 0 fully saturated rings. The van der Waals surface area contributed by atoms with Crippen molar-refractivity contribution in [1.29, 1.82) is 0 Å². The number of methoxy groups -OCH3 is 1. The monoisotopic (exact) mass is 269 g/mol. The van der Waals surface area contributed by atoms with E-state index in [9.17, 15) is 14.4 Å². The first-order valence-electron chi connectivity index (χ1n) is 5.55. The molecule has 1 rings (SSSR count). The van der Waals surface area contributed by atoms with Gasteiger partial charge in [0.15, 0.2) is 5.69 Å². The van der Waals surface area contributed by atoms with Crippen molar-refractivity contribution < 1.29 is 19.1 Å². The summed E-state index contributed by atoms with van der Waals surface area (Å²) in [5, 5.41) is 11.7. The van der Waals surface area contributed by atoms with Crippen molar-refractivity contribution in [2.75, 3.05) is 14.2 Å². The second-order valence-corrected chi connectivity index (χ2v) is 3.51. The Bertz CT molecular complexity index is 496. The minimum Gasteiger partial charge on any atom is -0.464 e. The molecule has 0 spiro atoms. The average Bonchev–Trinajstić information content (AvgIpc) is 2.79. The van der Waals surface area contributed by atoms with Gasteiger partial charge in [-0.15, -0.1) is 5.10 Å². The number of rotatable bonds is 4. The summed E-state index contributed by atoms with van der Waals surface area (Å²) < 4.78 is 5.81. The quantitative estimate of drug-likeness (QED) is 0.683. The molecule has 0 aromatic carbocycles. The number of hydrogen-bond donors (Lipinski definition) is 2. The first-order chi connectivity index (χ1) is 9.03. The zero-order chi connectivity index (χ0) is 14.4. The van der Waals surface area contributed by atoms with Gasteiger partial charge in [0.05, 0.1) is 12.8 Å². The van der Waals surface area contributed by atoms with Crippen LogP contribution >= 0.6 is 0 Å². The molecule has 0 aliphatic rings. The van der Waals surface area contributed by atoms with Crippen LogP contribution in [0.1, 0.15) is 23.1 Å². The SMILES string of the molecule is CCc1c(C(=O)OC)nnn1CC(=O)NC(=O)NC. The number of urea groups is 1. The highest BCUT2D eigenvalue weighted by Crippen LogP contribution is 2.07. The van der Waals surface area contributed by atoms with Crippen molar-refractivity contribution in [3.05, 3.63) is 11.4 Å². The van der Waals surface area contributed by atoms with Gasteiger partial charge < -0.3 is 10.1 Å². The van der Waals surface area contributed by atoms with Gasteiger partial charge in [-0.2, -0.15) is 0 Å². The number of ether oxygens (including phenoxy) is 1. The Labute approximate surface area is 109 Å². The second kappa shape index (κ2) is 6.47. The summed E-state index contributed by atoms with van der Waals surface area (Å²) in [4.78, 5) is 33.9. The highest BCUT2D eigenvalue weighted by Gasteiger charge is 2.20. The molecule has 0 saturated heterocycles. The van der Waals surface area contributed by atoms with E-state index < -0.39 is 17.9 Å². The van der Waals surface area contributed by atoms with Gasteiger partial charge in [-0.1, -0.05) is 12.1 Å². The molecule has 3 amide bonds. The van der Waals surface area contributed by atoms with Crippen molar-refractivity contribution in [1.82, 2.24) is 25.6 Å². The van der Waals surface area contributed by atoms with Gasteiger partial charge in [0.1, 0.15) is 6.54 Å². The second-order valence-electron chi connectivity index (χ2n) is 3.51. The van der Waals surface area contributed by atoms with E-state index in [1.54, 1.807) is 6.92 Å². The average molecular weight is 269 g/mol. The number of imide groups is 1. The Kier molecular flexibility index (Phi) is 4.98. The van der Waals surface area contributed by atoms with Crippen molar-refractivity contribution in [3.63, 3.8) is 0 Å². The number of aromatic nitrogens is 3. The third-order valence-electron chi connectivity index (χ3n) is 2.32. The highest BCUT2D eigenvalue weighted by atomic mass is 16.5. The van der Waals surface area contributed by atoms with E-state index in [4.69, 9.17) is 0 Å². The predicted octanol–water partition coefficient (Wildman–Crippen LogP) is -0.917. The Balaban J connectivity index is 2.84. The predicted molar refractivity (Wildman–Crippen MR) is 63.3 cm³/mol. The number of amides is 3. The lowest BCUT2D eigenvalue weighted by Gasteiger charge is -2.05. The fraction of sp³-hybridized carbons (Fsp3) is 0.500. The normalized spacial score (nSPS) is 9.84. The third-order valence-corrected chi connectivity index (χ3v) is 2.32. The first-order valence-corrected chi connectivity index (χ1v) is 5.55. The summed E-state index contributed by atoms with van der Waals surface area (Å²) in [5.74, 6) is -1.18. The molecule has 19 heavy (non-hydrogen) atoms. The summed E-state index contributed by atoms with van der Waals surface area (Å²) in [7, 11) is 2.63. The molecule has 0 unspecified atom stereocenters.